The Hall–Kier alpha value is -2.80. The number of fused-ring (bicyclic) bond motifs is 1. The van der Waals surface area contributed by atoms with Gasteiger partial charge < -0.3 is 10.1 Å². The molecule has 8 heteroatoms. The molecule has 4 nitrogen and oxygen atoms in total. The van der Waals surface area contributed by atoms with E-state index in [0.29, 0.717) is 6.20 Å². The van der Waals surface area contributed by atoms with Gasteiger partial charge >= 0.3 is 6.18 Å². The van der Waals surface area contributed by atoms with Gasteiger partial charge in [-0.05, 0) is 41.5 Å². The van der Waals surface area contributed by atoms with Crippen LogP contribution in [0.5, 0.6) is 5.75 Å². The van der Waals surface area contributed by atoms with E-state index in [1.54, 1.807) is 14.0 Å². The van der Waals surface area contributed by atoms with E-state index in [4.69, 9.17) is 16.3 Å². The molecule has 0 unspecified atom stereocenters. The summed E-state index contributed by atoms with van der Waals surface area (Å²) in [6.07, 6.45) is -3.92. The topological polar surface area (TPSA) is 51.2 Å². The maximum absolute atomic E-state index is 12.7. The molecule has 1 atom stereocenters. The van der Waals surface area contributed by atoms with Gasteiger partial charge in [0.2, 0.25) is 5.91 Å². The Balaban J connectivity index is 1.80. The first-order chi connectivity index (χ1) is 13.2. The largest absolute Gasteiger partial charge is 0.497 e. The minimum absolute atomic E-state index is 0.114. The monoisotopic (exact) mass is 408 g/mol. The predicted molar refractivity (Wildman–Crippen MR) is 102 cm³/mol. The number of ether oxygens (including phenoxy) is 1. The number of carbonyl (C=O) groups is 1. The van der Waals surface area contributed by atoms with Crippen molar-refractivity contribution in [3.05, 3.63) is 64.8 Å². The molecule has 0 bridgehead atoms. The summed E-state index contributed by atoms with van der Waals surface area (Å²) in [7, 11) is 1.59. The number of hydrogen-bond acceptors (Lipinski definition) is 3. The molecule has 2 aromatic carbocycles. The van der Waals surface area contributed by atoms with Crippen LogP contribution in [0.15, 0.2) is 48.7 Å². The van der Waals surface area contributed by atoms with Crippen LogP contribution in [0, 0.1) is 0 Å². The SMILES string of the molecule is COc1ccc2cc([C@@H](C)C(=O)Nc3ncc(C(F)(F)F)cc3Cl)ccc2c1. The van der Waals surface area contributed by atoms with Crippen molar-refractivity contribution < 1.29 is 22.7 Å². The van der Waals surface area contributed by atoms with Crippen molar-refractivity contribution in [2.75, 3.05) is 12.4 Å². The third-order valence-electron chi connectivity index (χ3n) is 4.37. The Labute approximate surface area is 164 Å². The third kappa shape index (κ3) is 4.20. The zero-order valence-corrected chi connectivity index (χ0v) is 15.7. The predicted octanol–water partition coefficient (Wildman–Crippen LogP) is 5.66. The van der Waals surface area contributed by atoms with Gasteiger partial charge in [-0.15, -0.1) is 0 Å². The quantitative estimate of drug-likeness (QED) is 0.606. The Bertz CT molecular complexity index is 1040. The highest BCUT2D eigenvalue weighted by Gasteiger charge is 2.31. The Morgan fingerprint density at radius 1 is 1.14 bits per heavy atom. The number of nitrogens with zero attached hydrogens (tertiary/aromatic N) is 1. The minimum Gasteiger partial charge on any atom is -0.497 e. The smallest absolute Gasteiger partial charge is 0.417 e. The molecule has 0 saturated heterocycles. The number of carbonyl (C=O) groups excluding carboxylic acids is 1. The fraction of sp³-hybridized carbons (Fsp3) is 0.200. The molecule has 0 fully saturated rings. The molecule has 146 valence electrons. The van der Waals surface area contributed by atoms with Gasteiger partial charge in [0.1, 0.15) is 5.75 Å². The fourth-order valence-corrected chi connectivity index (χ4v) is 2.91. The summed E-state index contributed by atoms with van der Waals surface area (Å²) in [4.78, 5) is 16.2. The third-order valence-corrected chi connectivity index (χ3v) is 4.66. The number of methoxy groups -OCH3 is 1. The lowest BCUT2D eigenvalue weighted by molar-refractivity contribution is -0.137. The van der Waals surface area contributed by atoms with Crippen molar-refractivity contribution >= 4 is 34.1 Å². The van der Waals surface area contributed by atoms with Crippen LogP contribution in [0.4, 0.5) is 19.0 Å². The number of hydrogen-bond donors (Lipinski definition) is 1. The number of benzene rings is 2. The molecule has 3 rings (SSSR count). The van der Waals surface area contributed by atoms with E-state index in [-0.39, 0.29) is 10.8 Å². The molecule has 1 heterocycles. The second-order valence-electron chi connectivity index (χ2n) is 6.24. The summed E-state index contributed by atoms with van der Waals surface area (Å²) in [5, 5.41) is 4.10. The maximum Gasteiger partial charge on any atom is 0.417 e. The standard InChI is InChI=1S/C20H16ClF3N2O2/c1-11(12-3-4-14-8-16(28-2)6-5-13(14)7-12)19(27)26-18-17(21)9-15(10-25-18)20(22,23)24/h3-11H,1-2H3,(H,25,26,27)/t11-/m1/s1. The van der Waals surface area contributed by atoms with Crippen LogP contribution < -0.4 is 10.1 Å². The Morgan fingerprint density at radius 3 is 2.46 bits per heavy atom. The molecular weight excluding hydrogens is 393 g/mol. The van der Waals surface area contributed by atoms with Crippen LogP contribution in [0.1, 0.15) is 24.0 Å². The van der Waals surface area contributed by atoms with Gasteiger partial charge in [0, 0.05) is 6.20 Å². The minimum atomic E-state index is -4.56. The number of anilines is 1. The number of halogens is 4. The van der Waals surface area contributed by atoms with Crippen LogP contribution in [-0.2, 0) is 11.0 Å². The number of amides is 1. The van der Waals surface area contributed by atoms with E-state index >= 15 is 0 Å². The number of alkyl halides is 3. The van der Waals surface area contributed by atoms with E-state index < -0.39 is 23.6 Å². The summed E-state index contributed by atoms with van der Waals surface area (Å²) < 4.78 is 43.3. The highest BCUT2D eigenvalue weighted by atomic mass is 35.5. The molecule has 0 aliphatic heterocycles. The molecule has 0 aliphatic carbocycles. The maximum atomic E-state index is 12.7. The zero-order chi connectivity index (χ0) is 20.5. The fourth-order valence-electron chi connectivity index (χ4n) is 2.70. The van der Waals surface area contributed by atoms with Crippen molar-refractivity contribution in [2.45, 2.75) is 19.0 Å². The molecular formula is C20H16ClF3N2O2. The Morgan fingerprint density at radius 2 is 1.82 bits per heavy atom. The van der Waals surface area contributed by atoms with Crippen LogP contribution in [0.2, 0.25) is 5.02 Å². The molecule has 1 amide bonds. The lowest BCUT2D eigenvalue weighted by Gasteiger charge is -2.15. The van der Waals surface area contributed by atoms with Crippen molar-refractivity contribution in [1.82, 2.24) is 4.98 Å². The second kappa shape index (κ2) is 7.67. The molecule has 28 heavy (non-hydrogen) atoms. The van der Waals surface area contributed by atoms with Crippen molar-refractivity contribution in [3.8, 4) is 5.75 Å². The summed E-state index contributed by atoms with van der Waals surface area (Å²) >= 11 is 5.85. The summed E-state index contributed by atoms with van der Waals surface area (Å²) in [6.45, 7) is 1.69. The number of pyridine rings is 1. The van der Waals surface area contributed by atoms with Crippen LogP contribution >= 0.6 is 11.6 Å². The lowest BCUT2D eigenvalue weighted by atomic mass is 9.97. The van der Waals surface area contributed by atoms with E-state index in [1.165, 1.54) is 0 Å². The average Bonchev–Trinajstić information content (AvgIpc) is 2.67. The first kappa shape index (κ1) is 19.9. The van der Waals surface area contributed by atoms with Crippen LogP contribution in [0.3, 0.4) is 0 Å². The van der Waals surface area contributed by atoms with E-state index in [0.717, 1.165) is 28.2 Å². The summed E-state index contributed by atoms with van der Waals surface area (Å²) in [5.74, 6) is -0.375. The van der Waals surface area contributed by atoms with Gasteiger partial charge in [-0.3, -0.25) is 4.79 Å². The van der Waals surface area contributed by atoms with Gasteiger partial charge in [0.15, 0.2) is 5.82 Å². The number of nitrogens with one attached hydrogen (secondary N) is 1. The number of aromatic nitrogens is 1. The van der Waals surface area contributed by atoms with Gasteiger partial charge in [0.25, 0.3) is 0 Å². The average molecular weight is 409 g/mol. The van der Waals surface area contributed by atoms with Gasteiger partial charge in [-0.1, -0.05) is 35.9 Å². The molecule has 0 aliphatic rings. The Kier molecular flexibility index (Phi) is 5.47. The molecule has 1 N–H and O–H groups in total. The van der Waals surface area contributed by atoms with Crippen molar-refractivity contribution in [2.24, 2.45) is 0 Å². The van der Waals surface area contributed by atoms with Crippen molar-refractivity contribution in [3.63, 3.8) is 0 Å². The van der Waals surface area contributed by atoms with Gasteiger partial charge in [-0.2, -0.15) is 13.2 Å². The van der Waals surface area contributed by atoms with Crippen molar-refractivity contribution in [1.29, 1.82) is 0 Å². The van der Waals surface area contributed by atoms with Crippen LogP contribution in [0.25, 0.3) is 10.8 Å². The molecule has 0 spiro atoms. The van der Waals surface area contributed by atoms with E-state index in [9.17, 15) is 18.0 Å². The van der Waals surface area contributed by atoms with Crippen LogP contribution in [-0.4, -0.2) is 18.0 Å². The number of rotatable bonds is 4. The van der Waals surface area contributed by atoms with E-state index in [1.807, 2.05) is 36.4 Å². The lowest BCUT2D eigenvalue weighted by Crippen LogP contribution is -2.20. The molecule has 0 radical (unpaired) electrons. The molecule has 0 saturated carbocycles. The highest BCUT2D eigenvalue weighted by molar-refractivity contribution is 6.33. The summed E-state index contributed by atoms with van der Waals surface area (Å²) in [6, 6.07) is 11.9. The molecule has 1 aromatic heterocycles. The summed E-state index contributed by atoms with van der Waals surface area (Å²) in [5.41, 5.74) is -0.230. The van der Waals surface area contributed by atoms with E-state index in [2.05, 4.69) is 10.3 Å². The first-order valence-corrected chi connectivity index (χ1v) is 8.68. The first-order valence-electron chi connectivity index (χ1n) is 8.30. The van der Waals surface area contributed by atoms with Gasteiger partial charge in [0.05, 0.1) is 23.6 Å². The van der Waals surface area contributed by atoms with Gasteiger partial charge in [-0.25, -0.2) is 4.98 Å². The molecule has 3 aromatic rings. The second-order valence-corrected chi connectivity index (χ2v) is 6.64. The normalized spacial score (nSPS) is 12.6. The zero-order valence-electron chi connectivity index (χ0n) is 15.0. The highest BCUT2D eigenvalue weighted by Crippen LogP contribution is 2.33.